The standard InChI is InChI=1S/C27H27N5O6/c1-16-20(18-5-6-23-24(10-18)38-8-7-37-23)3-2-4-22(16)30-27(36)21-9-17(14-32-15-29-31-26(21)32)12-28-13-19(33)11-25(34)35/h2-6,9-10,14-15,19,28,33H,7-8,11-13H2,1H3,(H,30,36)(H,34,35)/t19-/m0/s1. The summed E-state index contributed by atoms with van der Waals surface area (Å²) in [5.74, 6) is -0.0152. The van der Waals surface area contributed by atoms with E-state index in [2.05, 4.69) is 20.8 Å². The molecule has 0 saturated heterocycles. The molecule has 0 spiro atoms. The van der Waals surface area contributed by atoms with Crippen molar-refractivity contribution in [2.24, 2.45) is 0 Å². The van der Waals surface area contributed by atoms with E-state index >= 15 is 0 Å². The molecular formula is C27H27N5O6. The maximum Gasteiger partial charge on any atom is 0.306 e. The second-order valence-electron chi connectivity index (χ2n) is 9.00. The van der Waals surface area contributed by atoms with E-state index in [9.17, 15) is 14.7 Å². The van der Waals surface area contributed by atoms with E-state index in [-0.39, 0.29) is 18.9 Å². The predicted octanol–water partition coefficient (Wildman–Crippen LogP) is 2.65. The summed E-state index contributed by atoms with van der Waals surface area (Å²) in [5, 5.41) is 32.6. The minimum atomic E-state index is -1.07. The first-order valence-corrected chi connectivity index (χ1v) is 12.1. The van der Waals surface area contributed by atoms with Gasteiger partial charge in [-0.3, -0.25) is 14.0 Å². The monoisotopic (exact) mass is 517 g/mol. The number of anilines is 1. The Morgan fingerprint density at radius 3 is 2.76 bits per heavy atom. The number of hydrogen-bond acceptors (Lipinski definition) is 8. The fourth-order valence-corrected chi connectivity index (χ4v) is 4.40. The number of carbonyl (C=O) groups is 2. The number of amides is 1. The van der Waals surface area contributed by atoms with Crippen molar-refractivity contribution < 1.29 is 29.3 Å². The van der Waals surface area contributed by atoms with Gasteiger partial charge in [-0.1, -0.05) is 18.2 Å². The third-order valence-electron chi connectivity index (χ3n) is 6.25. The lowest BCUT2D eigenvalue weighted by Gasteiger charge is -2.20. The molecule has 4 N–H and O–H groups in total. The molecule has 196 valence electrons. The summed E-state index contributed by atoms with van der Waals surface area (Å²) < 4.78 is 13.0. The van der Waals surface area contributed by atoms with Crippen molar-refractivity contribution in [3.05, 3.63) is 71.7 Å². The van der Waals surface area contributed by atoms with Gasteiger partial charge in [-0.15, -0.1) is 10.2 Å². The van der Waals surface area contributed by atoms with Crippen LogP contribution < -0.4 is 20.1 Å². The van der Waals surface area contributed by atoms with Crippen LogP contribution >= 0.6 is 0 Å². The van der Waals surface area contributed by atoms with E-state index in [1.54, 1.807) is 16.7 Å². The molecule has 0 bridgehead atoms. The topological polar surface area (TPSA) is 147 Å². The van der Waals surface area contributed by atoms with Crippen molar-refractivity contribution in [3.8, 4) is 22.6 Å². The number of ether oxygens (including phenoxy) is 2. The number of aliphatic carboxylic acids is 1. The fourth-order valence-electron chi connectivity index (χ4n) is 4.40. The number of benzene rings is 2. The molecule has 2 aromatic carbocycles. The molecule has 0 saturated carbocycles. The van der Waals surface area contributed by atoms with Crippen molar-refractivity contribution in [2.75, 3.05) is 25.1 Å². The predicted molar refractivity (Wildman–Crippen MR) is 139 cm³/mol. The molecule has 1 aliphatic heterocycles. The Hall–Kier alpha value is -4.48. The minimum absolute atomic E-state index is 0.0971. The third-order valence-corrected chi connectivity index (χ3v) is 6.25. The Morgan fingerprint density at radius 2 is 1.95 bits per heavy atom. The molecule has 11 heteroatoms. The molecule has 2 aromatic heterocycles. The number of rotatable bonds is 9. The summed E-state index contributed by atoms with van der Waals surface area (Å²) in [7, 11) is 0. The molecule has 5 rings (SSSR count). The quantitative estimate of drug-likeness (QED) is 0.263. The molecule has 3 heterocycles. The zero-order valence-corrected chi connectivity index (χ0v) is 20.7. The van der Waals surface area contributed by atoms with Crippen molar-refractivity contribution in [2.45, 2.75) is 26.0 Å². The summed E-state index contributed by atoms with van der Waals surface area (Å²) >= 11 is 0. The number of carbonyl (C=O) groups excluding carboxylic acids is 1. The number of fused-ring (bicyclic) bond motifs is 2. The Morgan fingerprint density at radius 1 is 1.13 bits per heavy atom. The van der Waals surface area contributed by atoms with Gasteiger partial charge in [0.1, 0.15) is 19.5 Å². The normalized spacial score (nSPS) is 13.3. The summed E-state index contributed by atoms with van der Waals surface area (Å²) in [4.78, 5) is 24.2. The first-order chi connectivity index (χ1) is 18.4. The van der Waals surface area contributed by atoms with Gasteiger partial charge in [0.05, 0.1) is 18.1 Å². The molecule has 0 radical (unpaired) electrons. The summed E-state index contributed by atoms with van der Waals surface area (Å²) in [6.07, 6.45) is 1.91. The SMILES string of the molecule is Cc1c(NC(=O)c2cc(CNC[C@@H](O)CC(=O)O)cn3cnnc23)cccc1-c1ccc2c(c1)OCCO2. The molecule has 1 aliphatic rings. The summed E-state index contributed by atoms with van der Waals surface area (Å²) in [5.41, 5.74) is 4.91. The van der Waals surface area contributed by atoms with Crippen molar-refractivity contribution in [1.29, 1.82) is 0 Å². The van der Waals surface area contributed by atoms with Crippen LogP contribution in [0.1, 0.15) is 27.9 Å². The third kappa shape index (κ3) is 5.43. The van der Waals surface area contributed by atoms with Crippen LogP contribution in [0.25, 0.3) is 16.8 Å². The van der Waals surface area contributed by atoms with Gasteiger partial charge in [0.2, 0.25) is 0 Å². The van der Waals surface area contributed by atoms with Gasteiger partial charge in [-0.2, -0.15) is 0 Å². The van der Waals surface area contributed by atoms with Crippen LogP contribution in [-0.2, 0) is 11.3 Å². The van der Waals surface area contributed by atoms with Gasteiger partial charge in [-0.05, 0) is 53.4 Å². The number of aliphatic hydroxyl groups excluding tert-OH is 1. The molecule has 4 aromatic rings. The Balaban J connectivity index is 1.36. The number of pyridine rings is 1. The van der Waals surface area contributed by atoms with Gasteiger partial charge in [0, 0.05) is 25.0 Å². The van der Waals surface area contributed by atoms with Gasteiger partial charge in [0.25, 0.3) is 5.91 Å². The number of carboxylic acid groups (broad SMARTS) is 1. The highest BCUT2D eigenvalue weighted by molar-refractivity contribution is 6.09. The fraction of sp³-hybridized carbons (Fsp3) is 0.259. The molecule has 38 heavy (non-hydrogen) atoms. The van der Waals surface area contributed by atoms with Crippen LogP contribution in [0, 0.1) is 6.92 Å². The Bertz CT molecular complexity index is 1500. The van der Waals surface area contributed by atoms with Crippen LogP contribution in [0.2, 0.25) is 0 Å². The molecule has 1 amide bonds. The van der Waals surface area contributed by atoms with Gasteiger partial charge >= 0.3 is 5.97 Å². The average Bonchev–Trinajstić information content (AvgIpc) is 3.37. The molecule has 0 unspecified atom stereocenters. The maximum absolute atomic E-state index is 13.4. The molecular weight excluding hydrogens is 490 g/mol. The van der Waals surface area contributed by atoms with Crippen molar-refractivity contribution in [3.63, 3.8) is 0 Å². The number of nitrogens with zero attached hydrogens (tertiary/aromatic N) is 3. The van der Waals surface area contributed by atoms with E-state index in [0.717, 1.165) is 22.3 Å². The number of aromatic nitrogens is 3. The highest BCUT2D eigenvalue weighted by atomic mass is 16.6. The van der Waals surface area contributed by atoms with Gasteiger partial charge in [0.15, 0.2) is 17.1 Å². The zero-order chi connectivity index (χ0) is 26.6. The highest BCUT2D eigenvalue weighted by Gasteiger charge is 2.18. The first-order valence-electron chi connectivity index (χ1n) is 12.1. The van der Waals surface area contributed by atoms with Crippen LogP contribution in [0.3, 0.4) is 0 Å². The van der Waals surface area contributed by atoms with Crippen molar-refractivity contribution in [1.82, 2.24) is 19.9 Å². The van der Waals surface area contributed by atoms with Crippen molar-refractivity contribution >= 4 is 23.2 Å². The lowest BCUT2D eigenvalue weighted by atomic mass is 9.98. The molecule has 11 nitrogen and oxygen atoms in total. The summed E-state index contributed by atoms with van der Waals surface area (Å²) in [6, 6.07) is 13.2. The largest absolute Gasteiger partial charge is 0.486 e. The number of hydrogen-bond donors (Lipinski definition) is 4. The van der Waals surface area contributed by atoms with Gasteiger partial charge < -0.3 is 30.3 Å². The second kappa shape index (κ2) is 10.9. The first kappa shape index (κ1) is 25.2. The smallest absolute Gasteiger partial charge is 0.306 e. The van der Waals surface area contributed by atoms with E-state index in [4.69, 9.17) is 14.6 Å². The van der Waals surface area contributed by atoms with Crippen LogP contribution in [0.5, 0.6) is 11.5 Å². The number of nitrogens with one attached hydrogen (secondary N) is 2. The van der Waals surface area contributed by atoms with Gasteiger partial charge in [-0.25, -0.2) is 0 Å². The Kier molecular flexibility index (Phi) is 7.20. The maximum atomic E-state index is 13.4. The van der Waals surface area contributed by atoms with E-state index in [1.165, 1.54) is 6.33 Å². The molecule has 0 aliphatic carbocycles. The highest BCUT2D eigenvalue weighted by Crippen LogP contribution is 2.37. The molecule has 1 atom stereocenters. The van der Waals surface area contributed by atoms with Crippen LogP contribution in [-0.4, -0.2) is 62.6 Å². The molecule has 0 fully saturated rings. The van der Waals surface area contributed by atoms with Crippen LogP contribution in [0.4, 0.5) is 5.69 Å². The Labute approximate surface area is 218 Å². The zero-order valence-electron chi connectivity index (χ0n) is 20.7. The summed E-state index contributed by atoms with van der Waals surface area (Å²) in [6.45, 7) is 3.37. The van der Waals surface area contributed by atoms with E-state index in [0.29, 0.717) is 48.2 Å². The van der Waals surface area contributed by atoms with E-state index < -0.39 is 12.1 Å². The average molecular weight is 518 g/mol. The number of aliphatic hydroxyl groups is 1. The van der Waals surface area contributed by atoms with E-state index in [1.807, 2.05) is 43.3 Å². The lowest BCUT2D eigenvalue weighted by molar-refractivity contribution is -0.139. The van der Waals surface area contributed by atoms with Crippen LogP contribution in [0.15, 0.2) is 55.0 Å². The number of carboxylic acids is 1. The lowest BCUT2D eigenvalue weighted by Crippen LogP contribution is -2.28. The second-order valence-corrected chi connectivity index (χ2v) is 9.00. The minimum Gasteiger partial charge on any atom is -0.486 e.